The summed E-state index contributed by atoms with van der Waals surface area (Å²) in [4.78, 5) is 11.5. The second-order valence-electron chi connectivity index (χ2n) is 6.05. The Labute approximate surface area is 128 Å². The molecule has 0 saturated heterocycles. The third-order valence-corrected chi connectivity index (χ3v) is 3.23. The van der Waals surface area contributed by atoms with Crippen molar-refractivity contribution in [2.24, 2.45) is 0 Å². The van der Waals surface area contributed by atoms with E-state index in [9.17, 15) is 4.79 Å². The number of esters is 1. The molecule has 0 amide bonds. The Bertz CT molecular complexity index is 510. The highest BCUT2D eigenvalue weighted by atomic mass is 16.5. The average Bonchev–Trinajstić information content (AvgIpc) is 2.43. The Balaban J connectivity index is 2.88. The Hall–Kier alpha value is -1.77. The first kappa shape index (κ1) is 17.3. The molecule has 0 aliphatic carbocycles. The first-order chi connectivity index (χ1) is 9.79. The fourth-order valence-corrected chi connectivity index (χ4v) is 1.97. The first-order valence-electron chi connectivity index (χ1n) is 7.40. The zero-order chi connectivity index (χ0) is 16.0. The van der Waals surface area contributed by atoms with Crippen LogP contribution in [0.1, 0.15) is 45.7 Å². The molecule has 0 fully saturated rings. The maximum atomic E-state index is 11.5. The van der Waals surface area contributed by atoms with E-state index in [1.807, 2.05) is 6.07 Å². The Morgan fingerprint density at radius 2 is 1.90 bits per heavy atom. The molecule has 0 saturated carbocycles. The summed E-state index contributed by atoms with van der Waals surface area (Å²) in [5, 5.41) is 0. The van der Waals surface area contributed by atoms with Gasteiger partial charge < -0.3 is 9.47 Å². The molecule has 1 rings (SSSR count). The van der Waals surface area contributed by atoms with Crippen molar-refractivity contribution in [3.05, 3.63) is 41.5 Å². The van der Waals surface area contributed by atoms with Gasteiger partial charge in [-0.05, 0) is 36.0 Å². The zero-order valence-electron chi connectivity index (χ0n) is 13.8. The van der Waals surface area contributed by atoms with Crippen LogP contribution in [0.15, 0.2) is 30.4 Å². The van der Waals surface area contributed by atoms with E-state index >= 15 is 0 Å². The maximum Gasteiger partial charge on any atom is 0.336 e. The van der Waals surface area contributed by atoms with E-state index in [0.29, 0.717) is 12.2 Å². The number of rotatable bonds is 6. The van der Waals surface area contributed by atoms with Gasteiger partial charge in [0.2, 0.25) is 0 Å². The molecule has 116 valence electrons. The van der Waals surface area contributed by atoms with Crippen LogP contribution in [-0.4, -0.2) is 19.2 Å². The van der Waals surface area contributed by atoms with E-state index in [0.717, 1.165) is 17.7 Å². The Morgan fingerprint density at radius 3 is 2.43 bits per heavy atom. The summed E-state index contributed by atoms with van der Waals surface area (Å²) in [7, 11) is 0. The van der Waals surface area contributed by atoms with Crippen LogP contribution in [-0.2, 0) is 21.4 Å². The van der Waals surface area contributed by atoms with Gasteiger partial charge in [-0.25, -0.2) is 4.79 Å². The minimum atomic E-state index is -0.403. The van der Waals surface area contributed by atoms with Crippen molar-refractivity contribution < 1.29 is 14.3 Å². The first-order valence-corrected chi connectivity index (χ1v) is 7.40. The molecule has 3 heteroatoms. The topological polar surface area (TPSA) is 35.5 Å². The molecule has 1 aromatic rings. The SMILES string of the molecule is C=C(COc1ccc(CC)cc1C(C)(C)C)C(=O)OCC. The van der Waals surface area contributed by atoms with Crippen molar-refractivity contribution >= 4 is 5.97 Å². The van der Waals surface area contributed by atoms with Crippen molar-refractivity contribution in [2.45, 2.75) is 46.5 Å². The number of ether oxygens (including phenoxy) is 2. The molecule has 0 heterocycles. The van der Waals surface area contributed by atoms with Gasteiger partial charge in [0, 0.05) is 0 Å². The van der Waals surface area contributed by atoms with E-state index in [2.05, 4.69) is 46.4 Å². The van der Waals surface area contributed by atoms with Gasteiger partial charge in [-0.15, -0.1) is 0 Å². The van der Waals surface area contributed by atoms with Crippen LogP contribution in [0.5, 0.6) is 5.75 Å². The summed E-state index contributed by atoms with van der Waals surface area (Å²) in [5.41, 5.74) is 2.72. The van der Waals surface area contributed by atoms with Gasteiger partial charge in [-0.3, -0.25) is 0 Å². The van der Waals surface area contributed by atoms with Crippen molar-refractivity contribution in [2.75, 3.05) is 13.2 Å². The number of carbonyl (C=O) groups is 1. The third-order valence-electron chi connectivity index (χ3n) is 3.23. The average molecular weight is 290 g/mol. The van der Waals surface area contributed by atoms with Crippen LogP contribution in [0.3, 0.4) is 0 Å². The van der Waals surface area contributed by atoms with Gasteiger partial charge in [-0.1, -0.05) is 46.4 Å². The summed E-state index contributed by atoms with van der Waals surface area (Å²) in [6.45, 7) is 14.5. The molecule has 0 unspecified atom stereocenters. The van der Waals surface area contributed by atoms with Crippen LogP contribution in [0, 0.1) is 0 Å². The standard InChI is InChI=1S/C18H26O3/c1-7-14-9-10-16(15(11-14)18(4,5)6)21-12-13(3)17(19)20-8-2/h9-11H,3,7-8,12H2,1-2,4-6H3. The lowest BCUT2D eigenvalue weighted by Crippen LogP contribution is -2.17. The number of carbonyl (C=O) groups excluding carboxylic acids is 1. The molecule has 0 aliphatic rings. The van der Waals surface area contributed by atoms with Crippen LogP contribution in [0.4, 0.5) is 0 Å². The highest BCUT2D eigenvalue weighted by Gasteiger charge is 2.20. The molecule has 0 bridgehead atoms. The third kappa shape index (κ3) is 4.92. The van der Waals surface area contributed by atoms with Gasteiger partial charge in [0.1, 0.15) is 12.4 Å². The Morgan fingerprint density at radius 1 is 1.24 bits per heavy atom. The summed E-state index contributed by atoms with van der Waals surface area (Å²) >= 11 is 0. The molecule has 0 aromatic heterocycles. The van der Waals surface area contributed by atoms with Gasteiger partial charge in [0.05, 0.1) is 12.2 Å². The fraction of sp³-hybridized carbons (Fsp3) is 0.500. The van der Waals surface area contributed by atoms with Gasteiger partial charge in [0.15, 0.2) is 0 Å². The number of hydrogen-bond donors (Lipinski definition) is 0. The minimum absolute atomic E-state index is 0.0220. The van der Waals surface area contributed by atoms with Gasteiger partial charge in [0.25, 0.3) is 0 Å². The normalized spacial score (nSPS) is 11.1. The van der Waals surface area contributed by atoms with Crippen molar-refractivity contribution in [1.82, 2.24) is 0 Å². The molecule has 1 aromatic carbocycles. The molecular formula is C18H26O3. The van der Waals surface area contributed by atoms with Crippen LogP contribution in [0.25, 0.3) is 0 Å². The lowest BCUT2D eigenvalue weighted by molar-refractivity contribution is -0.138. The smallest absolute Gasteiger partial charge is 0.336 e. The highest BCUT2D eigenvalue weighted by molar-refractivity contribution is 5.88. The quantitative estimate of drug-likeness (QED) is 0.586. The molecule has 0 radical (unpaired) electrons. The van der Waals surface area contributed by atoms with E-state index < -0.39 is 5.97 Å². The van der Waals surface area contributed by atoms with E-state index in [1.165, 1.54) is 5.56 Å². The monoisotopic (exact) mass is 290 g/mol. The molecular weight excluding hydrogens is 264 g/mol. The molecule has 0 spiro atoms. The molecule has 0 atom stereocenters. The summed E-state index contributed by atoms with van der Waals surface area (Å²) < 4.78 is 10.7. The molecule has 21 heavy (non-hydrogen) atoms. The number of benzene rings is 1. The molecule has 0 aliphatic heterocycles. The molecule has 3 nitrogen and oxygen atoms in total. The molecule has 0 N–H and O–H groups in total. The van der Waals surface area contributed by atoms with Crippen LogP contribution < -0.4 is 4.74 Å². The van der Waals surface area contributed by atoms with Crippen molar-refractivity contribution in [3.63, 3.8) is 0 Å². The second kappa shape index (κ2) is 7.30. The van der Waals surface area contributed by atoms with Crippen LogP contribution >= 0.6 is 0 Å². The predicted molar refractivity (Wildman–Crippen MR) is 85.8 cm³/mol. The van der Waals surface area contributed by atoms with Crippen LogP contribution in [0.2, 0.25) is 0 Å². The maximum absolute atomic E-state index is 11.5. The lowest BCUT2D eigenvalue weighted by Gasteiger charge is -2.24. The number of aryl methyl sites for hydroxylation is 1. The zero-order valence-corrected chi connectivity index (χ0v) is 13.8. The van der Waals surface area contributed by atoms with Crippen molar-refractivity contribution in [3.8, 4) is 5.75 Å². The Kier molecular flexibility index (Phi) is 6.01. The van der Waals surface area contributed by atoms with Gasteiger partial charge >= 0.3 is 5.97 Å². The largest absolute Gasteiger partial charge is 0.488 e. The van der Waals surface area contributed by atoms with E-state index in [-0.39, 0.29) is 12.0 Å². The lowest BCUT2D eigenvalue weighted by atomic mass is 9.85. The number of hydrogen-bond acceptors (Lipinski definition) is 3. The van der Waals surface area contributed by atoms with E-state index in [1.54, 1.807) is 6.92 Å². The minimum Gasteiger partial charge on any atom is -0.488 e. The van der Waals surface area contributed by atoms with E-state index in [4.69, 9.17) is 9.47 Å². The second-order valence-corrected chi connectivity index (χ2v) is 6.05. The van der Waals surface area contributed by atoms with Gasteiger partial charge in [-0.2, -0.15) is 0 Å². The summed E-state index contributed by atoms with van der Waals surface area (Å²) in [5.74, 6) is 0.394. The predicted octanol–water partition coefficient (Wildman–Crippen LogP) is 4.04. The van der Waals surface area contributed by atoms with Crippen molar-refractivity contribution in [1.29, 1.82) is 0 Å². The highest BCUT2D eigenvalue weighted by Crippen LogP contribution is 2.32. The fourth-order valence-electron chi connectivity index (χ4n) is 1.97. The summed E-state index contributed by atoms with van der Waals surface area (Å²) in [6, 6.07) is 6.19. The summed E-state index contributed by atoms with van der Waals surface area (Å²) in [6.07, 6.45) is 0.985.